The largest absolute Gasteiger partial charge is 0.385 e. The standard InChI is InChI=1S/C7H13N3O/c1-10(2)5-7(11)6-3-4-8-9-6/h3-4,7,11H,5H2,1-2H3,(H,8,9). The molecular formula is C7H13N3O. The van der Waals surface area contributed by atoms with Gasteiger partial charge in [-0.25, -0.2) is 0 Å². The molecule has 2 N–H and O–H groups in total. The molecule has 4 heteroatoms. The quantitative estimate of drug-likeness (QED) is 0.646. The van der Waals surface area contributed by atoms with Gasteiger partial charge in [0.05, 0.1) is 5.69 Å². The molecule has 0 fully saturated rings. The number of hydrogen-bond acceptors (Lipinski definition) is 3. The average Bonchev–Trinajstić information content (AvgIpc) is 2.35. The maximum Gasteiger partial charge on any atom is 0.108 e. The van der Waals surface area contributed by atoms with E-state index in [1.807, 2.05) is 19.0 Å². The minimum atomic E-state index is -0.465. The zero-order valence-corrected chi connectivity index (χ0v) is 6.78. The van der Waals surface area contributed by atoms with Crippen molar-refractivity contribution in [1.29, 1.82) is 0 Å². The SMILES string of the molecule is CN(C)CC(O)c1ccn[nH]1. The fourth-order valence-electron chi connectivity index (χ4n) is 0.896. The number of aromatic amines is 1. The molecule has 1 heterocycles. The number of nitrogens with zero attached hydrogens (tertiary/aromatic N) is 2. The Kier molecular flexibility index (Phi) is 2.62. The van der Waals surface area contributed by atoms with E-state index in [1.54, 1.807) is 12.3 Å². The minimum absolute atomic E-state index is 0.465. The van der Waals surface area contributed by atoms with Crippen LogP contribution in [0.5, 0.6) is 0 Å². The van der Waals surface area contributed by atoms with Gasteiger partial charge >= 0.3 is 0 Å². The second kappa shape index (κ2) is 3.50. The third-order valence-electron chi connectivity index (χ3n) is 1.42. The van der Waals surface area contributed by atoms with Crippen LogP contribution < -0.4 is 0 Å². The predicted octanol–water partition coefficient (Wildman–Crippen LogP) is 0.00470. The summed E-state index contributed by atoms with van der Waals surface area (Å²) >= 11 is 0. The summed E-state index contributed by atoms with van der Waals surface area (Å²) in [4.78, 5) is 1.92. The summed E-state index contributed by atoms with van der Waals surface area (Å²) in [6.07, 6.45) is 1.17. The van der Waals surface area contributed by atoms with Gasteiger partial charge in [-0.3, -0.25) is 5.10 Å². The molecule has 1 aromatic rings. The maximum atomic E-state index is 9.47. The number of aliphatic hydroxyl groups is 1. The minimum Gasteiger partial charge on any atom is -0.385 e. The number of aliphatic hydroxyl groups excluding tert-OH is 1. The fraction of sp³-hybridized carbons (Fsp3) is 0.571. The van der Waals surface area contributed by atoms with Crippen LogP contribution in [0, 0.1) is 0 Å². The van der Waals surface area contributed by atoms with Crippen LogP contribution in [0.4, 0.5) is 0 Å². The van der Waals surface area contributed by atoms with E-state index in [4.69, 9.17) is 0 Å². The molecule has 0 bridgehead atoms. The highest BCUT2D eigenvalue weighted by molar-refractivity contribution is 5.01. The summed E-state index contributed by atoms with van der Waals surface area (Å²) in [5, 5.41) is 15.9. The van der Waals surface area contributed by atoms with Gasteiger partial charge in [-0.05, 0) is 20.2 Å². The van der Waals surface area contributed by atoms with Crippen molar-refractivity contribution in [2.45, 2.75) is 6.10 Å². The summed E-state index contributed by atoms with van der Waals surface area (Å²) in [5.74, 6) is 0. The van der Waals surface area contributed by atoms with Crippen LogP contribution in [0.1, 0.15) is 11.8 Å². The van der Waals surface area contributed by atoms with Gasteiger partial charge in [0, 0.05) is 12.7 Å². The lowest BCUT2D eigenvalue weighted by Gasteiger charge is -2.13. The summed E-state index contributed by atoms with van der Waals surface area (Å²) in [6, 6.07) is 1.77. The van der Waals surface area contributed by atoms with E-state index in [0.29, 0.717) is 6.54 Å². The molecule has 1 rings (SSSR count). The molecule has 0 aliphatic rings. The lowest BCUT2D eigenvalue weighted by atomic mass is 10.2. The first-order valence-electron chi connectivity index (χ1n) is 3.52. The fourth-order valence-corrected chi connectivity index (χ4v) is 0.896. The first-order valence-corrected chi connectivity index (χ1v) is 3.52. The first-order chi connectivity index (χ1) is 5.20. The molecule has 1 aromatic heterocycles. The summed E-state index contributed by atoms with van der Waals surface area (Å²) < 4.78 is 0. The molecule has 0 aromatic carbocycles. The van der Waals surface area contributed by atoms with Gasteiger partial charge in [0.25, 0.3) is 0 Å². The van der Waals surface area contributed by atoms with E-state index in [0.717, 1.165) is 5.69 Å². The summed E-state index contributed by atoms with van der Waals surface area (Å²) in [6.45, 7) is 0.613. The van der Waals surface area contributed by atoms with Gasteiger partial charge in [-0.2, -0.15) is 5.10 Å². The number of rotatable bonds is 3. The van der Waals surface area contributed by atoms with Crippen LogP contribution in [0.15, 0.2) is 12.3 Å². The van der Waals surface area contributed by atoms with Gasteiger partial charge < -0.3 is 10.0 Å². The van der Waals surface area contributed by atoms with Gasteiger partial charge in [0.1, 0.15) is 6.10 Å². The molecule has 0 spiro atoms. The highest BCUT2D eigenvalue weighted by atomic mass is 16.3. The Bertz CT molecular complexity index is 195. The first kappa shape index (κ1) is 8.23. The van der Waals surface area contributed by atoms with Gasteiger partial charge in [0.2, 0.25) is 0 Å². The highest BCUT2D eigenvalue weighted by Crippen LogP contribution is 2.08. The summed E-state index contributed by atoms with van der Waals surface area (Å²) in [7, 11) is 3.83. The van der Waals surface area contributed by atoms with Crippen LogP contribution >= 0.6 is 0 Å². The molecule has 0 saturated heterocycles. The van der Waals surface area contributed by atoms with Crippen molar-refractivity contribution >= 4 is 0 Å². The van der Waals surface area contributed by atoms with Crippen molar-refractivity contribution in [3.05, 3.63) is 18.0 Å². The van der Waals surface area contributed by atoms with Crippen LogP contribution in [0.3, 0.4) is 0 Å². The van der Waals surface area contributed by atoms with E-state index < -0.39 is 6.10 Å². The molecular weight excluding hydrogens is 142 g/mol. The van der Waals surface area contributed by atoms with E-state index in [9.17, 15) is 5.11 Å². The number of nitrogens with one attached hydrogen (secondary N) is 1. The van der Waals surface area contributed by atoms with Crippen molar-refractivity contribution < 1.29 is 5.11 Å². The Labute approximate surface area is 65.8 Å². The molecule has 1 atom stereocenters. The average molecular weight is 155 g/mol. The second-order valence-electron chi connectivity index (χ2n) is 2.79. The van der Waals surface area contributed by atoms with Gasteiger partial charge in [-0.15, -0.1) is 0 Å². The maximum absolute atomic E-state index is 9.47. The van der Waals surface area contributed by atoms with Crippen LogP contribution in [0.25, 0.3) is 0 Å². The highest BCUT2D eigenvalue weighted by Gasteiger charge is 2.08. The van der Waals surface area contributed by atoms with Crippen molar-refractivity contribution in [2.24, 2.45) is 0 Å². The lowest BCUT2D eigenvalue weighted by Crippen LogP contribution is -2.20. The van der Waals surface area contributed by atoms with Crippen LogP contribution in [-0.4, -0.2) is 40.8 Å². The molecule has 11 heavy (non-hydrogen) atoms. The molecule has 0 aliphatic carbocycles. The van der Waals surface area contributed by atoms with Crippen LogP contribution in [0.2, 0.25) is 0 Å². The normalized spacial score (nSPS) is 13.8. The Morgan fingerprint density at radius 3 is 2.91 bits per heavy atom. The van der Waals surface area contributed by atoms with Crippen molar-refractivity contribution in [1.82, 2.24) is 15.1 Å². The molecule has 0 amide bonds. The zero-order valence-electron chi connectivity index (χ0n) is 6.78. The second-order valence-corrected chi connectivity index (χ2v) is 2.79. The van der Waals surface area contributed by atoms with E-state index >= 15 is 0 Å². The Balaban J connectivity index is 2.49. The molecule has 0 radical (unpaired) electrons. The van der Waals surface area contributed by atoms with Crippen molar-refractivity contribution in [2.75, 3.05) is 20.6 Å². The third-order valence-corrected chi connectivity index (χ3v) is 1.42. The third kappa shape index (κ3) is 2.32. The Morgan fingerprint density at radius 1 is 1.73 bits per heavy atom. The smallest absolute Gasteiger partial charge is 0.108 e. The Hall–Kier alpha value is -0.870. The number of H-pyrrole nitrogens is 1. The number of aromatic nitrogens is 2. The zero-order chi connectivity index (χ0) is 8.27. The molecule has 62 valence electrons. The van der Waals surface area contributed by atoms with E-state index in [1.165, 1.54) is 0 Å². The van der Waals surface area contributed by atoms with Gasteiger partial charge in [0.15, 0.2) is 0 Å². The van der Waals surface area contributed by atoms with Crippen molar-refractivity contribution in [3.63, 3.8) is 0 Å². The molecule has 0 aliphatic heterocycles. The number of likely N-dealkylation sites (N-methyl/N-ethyl adjacent to an activating group) is 1. The monoisotopic (exact) mass is 155 g/mol. The molecule has 0 saturated carbocycles. The van der Waals surface area contributed by atoms with Crippen molar-refractivity contribution in [3.8, 4) is 0 Å². The summed E-state index contributed by atoms with van der Waals surface area (Å²) in [5.41, 5.74) is 0.763. The Morgan fingerprint density at radius 2 is 2.45 bits per heavy atom. The molecule has 4 nitrogen and oxygen atoms in total. The predicted molar refractivity (Wildman–Crippen MR) is 42.1 cm³/mol. The topological polar surface area (TPSA) is 52.1 Å². The lowest BCUT2D eigenvalue weighted by molar-refractivity contribution is 0.134. The van der Waals surface area contributed by atoms with Gasteiger partial charge in [-0.1, -0.05) is 0 Å². The number of hydrogen-bond donors (Lipinski definition) is 2. The molecule has 1 unspecified atom stereocenters. The van der Waals surface area contributed by atoms with Crippen LogP contribution in [-0.2, 0) is 0 Å². The van der Waals surface area contributed by atoms with E-state index in [2.05, 4.69) is 10.2 Å². The van der Waals surface area contributed by atoms with E-state index in [-0.39, 0.29) is 0 Å².